The molecule has 0 saturated heterocycles. The van der Waals surface area contributed by atoms with Crippen molar-refractivity contribution in [2.45, 2.75) is 13.5 Å². The topological polar surface area (TPSA) is 55.0 Å². The van der Waals surface area contributed by atoms with Crippen LogP contribution in [0.15, 0.2) is 29.1 Å². The number of aromatic nitrogens is 2. The highest BCUT2D eigenvalue weighted by Crippen LogP contribution is 2.21. The molecule has 0 aliphatic heterocycles. The molecule has 1 heterocycles. The largest absolute Gasteiger partial charge is 0.374 e. The van der Waals surface area contributed by atoms with Crippen LogP contribution in [0, 0.1) is 11.6 Å². The van der Waals surface area contributed by atoms with Crippen LogP contribution in [-0.2, 0) is 11.3 Å². The molecule has 0 spiro atoms. The van der Waals surface area contributed by atoms with Gasteiger partial charge >= 0.3 is 0 Å². The number of H-pyrrole nitrogens is 1. The normalized spacial score (nSPS) is 10.7. The van der Waals surface area contributed by atoms with Crippen molar-refractivity contribution in [2.24, 2.45) is 0 Å². The summed E-state index contributed by atoms with van der Waals surface area (Å²) < 4.78 is 31.9. The van der Waals surface area contributed by atoms with E-state index in [1.54, 1.807) is 6.92 Å². The predicted molar refractivity (Wildman–Crippen MR) is 65.5 cm³/mol. The molecule has 6 heteroatoms. The van der Waals surface area contributed by atoms with Gasteiger partial charge in [0.05, 0.1) is 5.69 Å². The van der Waals surface area contributed by atoms with E-state index in [4.69, 9.17) is 4.74 Å². The van der Waals surface area contributed by atoms with Crippen molar-refractivity contribution < 1.29 is 13.5 Å². The molecule has 0 saturated carbocycles. The fourth-order valence-electron chi connectivity index (χ4n) is 1.61. The summed E-state index contributed by atoms with van der Waals surface area (Å²) in [6.07, 6.45) is 0. The molecular formula is C13H12F2N2O2. The highest BCUT2D eigenvalue weighted by Gasteiger charge is 2.12. The van der Waals surface area contributed by atoms with Crippen molar-refractivity contribution in [3.05, 3.63) is 52.1 Å². The number of benzene rings is 1. The first kappa shape index (κ1) is 13.4. The van der Waals surface area contributed by atoms with Gasteiger partial charge in [0.2, 0.25) is 0 Å². The minimum absolute atomic E-state index is 0.0520. The van der Waals surface area contributed by atoms with Crippen molar-refractivity contribution in [2.75, 3.05) is 6.61 Å². The second-order valence-electron chi connectivity index (χ2n) is 3.82. The smallest absolute Gasteiger partial charge is 0.251 e. The quantitative estimate of drug-likeness (QED) is 0.923. The Kier molecular flexibility index (Phi) is 4.01. The number of hydrogen-bond donors (Lipinski definition) is 1. The Bertz CT molecular complexity index is 641. The molecule has 1 aromatic carbocycles. The molecule has 1 aromatic heterocycles. The van der Waals surface area contributed by atoms with E-state index in [1.807, 2.05) is 0 Å². The second-order valence-corrected chi connectivity index (χ2v) is 3.82. The average molecular weight is 266 g/mol. The summed E-state index contributed by atoms with van der Waals surface area (Å²) in [7, 11) is 0. The Balaban J connectivity index is 2.47. The van der Waals surface area contributed by atoms with E-state index in [0.29, 0.717) is 6.61 Å². The fraction of sp³-hybridized carbons (Fsp3) is 0.231. The lowest BCUT2D eigenvalue weighted by Crippen LogP contribution is -2.12. The SMILES string of the molecule is CCOCc1nc(-c2cccc(F)c2F)cc(=O)[nH]1. The summed E-state index contributed by atoms with van der Waals surface area (Å²) in [6.45, 7) is 2.37. The summed E-state index contributed by atoms with van der Waals surface area (Å²) in [5.41, 5.74) is -0.414. The maximum absolute atomic E-state index is 13.6. The van der Waals surface area contributed by atoms with Gasteiger partial charge in [0, 0.05) is 18.2 Å². The van der Waals surface area contributed by atoms with Gasteiger partial charge in [-0.1, -0.05) is 6.07 Å². The Hall–Kier alpha value is -2.08. The molecular weight excluding hydrogens is 254 g/mol. The third kappa shape index (κ3) is 3.03. The molecule has 4 nitrogen and oxygen atoms in total. The maximum Gasteiger partial charge on any atom is 0.251 e. The lowest BCUT2D eigenvalue weighted by Gasteiger charge is -2.06. The van der Waals surface area contributed by atoms with Gasteiger partial charge in [-0.05, 0) is 19.1 Å². The molecule has 0 atom stereocenters. The first-order valence-corrected chi connectivity index (χ1v) is 5.74. The van der Waals surface area contributed by atoms with Crippen LogP contribution in [0.2, 0.25) is 0 Å². The van der Waals surface area contributed by atoms with Gasteiger partial charge in [0.15, 0.2) is 11.6 Å². The molecule has 100 valence electrons. The van der Waals surface area contributed by atoms with Gasteiger partial charge in [0.1, 0.15) is 12.4 Å². The van der Waals surface area contributed by atoms with Gasteiger partial charge in [-0.3, -0.25) is 4.79 Å². The van der Waals surface area contributed by atoms with E-state index in [2.05, 4.69) is 9.97 Å². The van der Waals surface area contributed by atoms with Crippen LogP contribution in [0.4, 0.5) is 8.78 Å². The zero-order chi connectivity index (χ0) is 13.8. The highest BCUT2D eigenvalue weighted by atomic mass is 19.2. The Morgan fingerprint density at radius 1 is 1.37 bits per heavy atom. The van der Waals surface area contributed by atoms with E-state index in [1.165, 1.54) is 12.1 Å². The van der Waals surface area contributed by atoms with Crippen molar-refractivity contribution >= 4 is 0 Å². The molecule has 0 fully saturated rings. The lowest BCUT2D eigenvalue weighted by molar-refractivity contribution is 0.128. The molecule has 0 radical (unpaired) electrons. The maximum atomic E-state index is 13.6. The zero-order valence-electron chi connectivity index (χ0n) is 10.2. The number of halogens is 2. The van der Waals surface area contributed by atoms with Gasteiger partial charge in [-0.25, -0.2) is 13.8 Å². The van der Waals surface area contributed by atoms with E-state index in [9.17, 15) is 13.6 Å². The van der Waals surface area contributed by atoms with E-state index in [-0.39, 0.29) is 23.7 Å². The second kappa shape index (κ2) is 5.71. The first-order chi connectivity index (χ1) is 9.11. The average Bonchev–Trinajstić information content (AvgIpc) is 2.39. The third-order valence-corrected chi connectivity index (χ3v) is 2.46. The Morgan fingerprint density at radius 2 is 2.16 bits per heavy atom. The third-order valence-electron chi connectivity index (χ3n) is 2.46. The summed E-state index contributed by atoms with van der Waals surface area (Å²) in [5, 5.41) is 0. The van der Waals surface area contributed by atoms with Crippen LogP contribution >= 0.6 is 0 Å². The van der Waals surface area contributed by atoms with E-state index >= 15 is 0 Å². The number of aromatic amines is 1. The van der Waals surface area contributed by atoms with Crippen molar-refractivity contribution in [1.82, 2.24) is 9.97 Å². The Morgan fingerprint density at radius 3 is 2.89 bits per heavy atom. The predicted octanol–water partition coefficient (Wildman–Crippen LogP) is 2.25. The number of nitrogens with zero attached hydrogens (tertiary/aromatic N) is 1. The van der Waals surface area contributed by atoms with Crippen LogP contribution in [-0.4, -0.2) is 16.6 Å². The molecule has 1 N–H and O–H groups in total. The molecule has 19 heavy (non-hydrogen) atoms. The number of hydrogen-bond acceptors (Lipinski definition) is 3. The van der Waals surface area contributed by atoms with Crippen LogP contribution in [0.3, 0.4) is 0 Å². The van der Waals surface area contributed by atoms with Gasteiger partial charge < -0.3 is 9.72 Å². The van der Waals surface area contributed by atoms with Crippen LogP contribution < -0.4 is 5.56 Å². The molecule has 0 aliphatic rings. The number of nitrogens with one attached hydrogen (secondary N) is 1. The summed E-state index contributed by atoms with van der Waals surface area (Å²) >= 11 is 0. The molecule has 0 aliphatic carbocycles. The van der Waals surface area contributed by atoms with Crippen LogP contribution in [0.25, 0.3) is 11.3 Å². The monoisotopic (exact) mass is 266 g/mol. The fourth-order valence-corrected chi connectivity index (χ4v) is 1.61. The molecule has 0 bridgehead atoms. The van der Waals surface area contributed by atoms with Crippen molar-refractivity contribution in [3.63, 3.8) is 0 Å². The standard InChI is InChI=1S/C13H12F2N2O2/c1-2-19-7-11-16-10(6-12(18)17-11)8-4-3-5-9(14)13(8)15/h3-6H,2,7H2,1H3,(H,16,17,18). The lowest BCUT2D eigenvalue weighted by atomic mass is 10.1. The van der Waals surface area contributed by atoms with Gasteiger partial charge in [0.25, 0.3) is 5.56 Å². The summed E-state index contributed by atoms with van der Waals surface area (Å²) in [6, 6.07) is 4.85. The van der Waals surface area contributed by atoms with Gasteiger partial charge in [-0.2, -0.15) is 0 Å². The summed E-state index contributed by atoms with van der Waals surface area (Å²) in [5.74, 6) is -1.73. The van der Waals surface area contributed by atoms with Crippen LogP contribution in [0.1, 0.15) is 12.7 Å². The Labute approximate surface area is 108 Å². The van der Waals surface area contributed by atoms with Crippen molar-refractivity contribution in [3.8, 4) is 11.3 Å². The van der Waals surface area contributed by atoms with Crippen LogP contribution in [0.5, 0.6) is 0 Å². The minimum Gasteiger partial charge on any atom is -0.374 e. The molecule has 2 aromatic rings. The zero-order valence-corrected chi connectivity index (χ0v) is 10.2. The van der Waals surface area contributed by atoms with Gasteiger partial charge in [-0.15, -0.1) is 0 Å². The van der Waals surface area contributed by atoms with Crippen molar-refractivity contribution in [1.29, 1.82) is 0 Å². The summed E-state index contributed by atoms with van der Waals surface area (Å²) in [4.78, 5) is 18.0. The first-order valence-electron chi connectivity index (χ1n) is 5.74. The number of rotatable bonds is 4. The molecule has 0 unspecified atom stereocenters. The highest BCUT2D eigenvalue weighted by molar-refractivity contribution is 5.59. The minimum atomic E-state index is -1.03. The van der Waals surface area contributed by atoms with E-state index < -0.39 is 17.2 Å². The number of ether oxygens (including phenoxy) is 1. The molecule has 0 amide bonds. The molecule has 2 rings (SSSR count). The van der Waals surface area contributed by atoms with E-state index in [0.717, 1.165) is 12.1 Å².